The lowest BCUT2D eigenvalue weighted by atomic mass is 9.81. The molecule has 3 fully saturated rings. The number of amides is 1. The molecule has 78 valence electrons. The zero-order valence-corrected chi connectivity index (χ0v) is 8.28. The first-order chi connectivity index (χ1) is 6.75. The van der Waals surface area contributed by atoms with Crippen LogP contribution in [0.25, 0.3) is 0 Å². The van der Waals surface area contributed by atoms with Crippen molar-refractivity contribution in [2.24, 2.45) is 23.7 Å². The second-order valence-electron chi connectivity index (χ2n) is 5.22. The first kappa shape index (κ1) is 8.57. The molecule has 0 aromatic heterocycles. The molecule has 3 nitrogen and oxygen atoms in total. The number of hydrogen-bond acceptors (Lipinski definition) is 1. The molecule has 0 unspecified atom stereocenters. The highest BCUT2D eigenvalue weighted by Crippen LogP contribution is 2.56. The minimum Gasteiger partial charge on any atom is -0.465 e. The van der Waals surface area contributed by atoms with Crippen molar-refractivity contribution in [3.8, 4) is 0 Å². The van der Waals surface area contributed by atoms with Crippen molar-refractivity contribution >= 4 is 6.09 Å². The second-order valence-corrected chi connectivity index (χ2v) is 5.22. The summed E-state index contributed by atoms with van der Waals surface area (Å²) in [4.78, 5) is 10.7. The maximum Gasteiger partial charge on any atom is 0.404 e. The van der Waals surface area contributed by atoms with Crippen LogP contribution in [0.1, 0.15) is 32.1 Å². The van der Waals surface area contributed by atoms with Crippen LogP contribution in [-0.2, 0) is 0 Å². The van der Waals surface area contributed by atoms with Gasteiger partial charge in [0.15, 0.2) is 0 Å². The van der Waals surface area contributed by atoms with E-state index in [2.05, 4.69) is 5.32 Å². The fourth-order valence-electron chi connectivity index (χ4n) is 3.85. The van der Waals surface area contributed by atoms with Crippen LogP contribution in [0.3, 0.4) is 0 Å². The molecule has 0 radical (unpaired) electrons. The van der Waals surface area contributed by atoms with E-state index in [1.54, 1.807) is 0 Å². The third-order valence-electron chi connectivity index (χ3n) is 4.44. The van der Waals surface area contributed by atoms with Crippen molar-refractivity contribution in [1.29, 1.82) is 0 Å². The van der Waals surface area contributed by atoms with Crippen LogP contribution in [0.15, 0.2) is 0 Å². The molecular formula is C11H17NO2. The van der Waals surface area contributed by atoms with Gasteiger partial charge in [0.2, 0.25) is 0 Å². The molecular weight excluding hydrogens is 178 g/mol. The molecule has 3 heteroatoms. The Morgan fingerprint density at radius 2 is 1.71 bits per heavy atom. The Morgan fingerprint density at radius 3 is 2.36 bits per heavy atom. The fourth-order valence-corrected chi connectivity index (χ4v) is 3.85. The predicted octanol–water partition coefficient (Wildman–Crippen LogP) is 2.08. The third-order valence-corrected chi connectivity index (χ3v) is 4.44. The highest BCUT2D eigenvalue weighted by atomic mass is 16.4. The second kappa shape index (κ2) is 2.88. The van der Waals surface area contributed by atoms with Crippen LogP contribution in [0.2, 0.25) is 0 Å². The molecule has 3 aliphatic carbocycles. The quantitative estimate of drug-likeness (QED) is 0.708. The summed E-state index contributed by atoms with van der Waals surface area (Å²) in [5, 5.41) is 11.6. The Labute approximate surface area is 83.9 Å². The largest absolute Gasteiger partial charge is 0.465 e. The van der Waals surface area contributed by atoms with Crippen molar-refractivity contribution in [3.05, 3.63) is 0 Å². The Bertz CT molecular complexity index is 262. The van der Waals surface area contributed by atoms with Gasteiger partial charge in [0.1, 0.15) is 0 Å². The molecule has 14 heavy (non-hydrogen) atoms. The molecule has 1 amide bonds. The number of fused-ring (bicyclic) bond motifs is 2. The monoisotopic (exact) mass is 195 g/mol. The summed E-state index contributed by atoms with van der Waals surface area (Å²) < 4.78 is 0. The van der Waals surface area contributed by atoms with Crippen molar-refractivity contribution in [2.75, 3.05) is 0 Å². The van der Waals surface area contributed by atoms with E-state index in [1.165, 1.54) is 32.1 Å². The molecule has 2 bridgehead atoms. The van der Waals surface area contributed by atoms with E-state index in [0.29, 0.717) is 17.9 Å². The first-order valence-electron chi connectivity index (χ1n) is 5.75. The van der Waals surface area contributed by atoms with Gasteiger partial charge in [0.25, 0.3) is 0 Å². The van der Waals surface area contributed by atoms with Gasteiger partial charge in [-0.2, -0.15) is 0 Å². The highest BCUT2D eigenvalue weighted by Gasteiger charge is 2.53. The van der Waals surface area contributed by atoms with E-state index in [-0.39, 0.29) is 0 Å². The third kappa shape index (κ3) is 1.22. The minimum atomic E-state index is -0.826. The van der Waals surface area contributed by atoms with Gasteiger partial charge >= 0.3 is 6.09 Å². The van der Waals surface area contributed by atoms with E-state index in [4.69, 9.17) is 5.11 Å². The summed E-state index contributed by atoms with van der Waals surface area (Å²) in [7, 11) is 0. The van der Waals surface area contributed by atoms with Gasteiger partial charge in [0, 0.05) is 6.04 Å². The number of carbonyl (C=O) groups is 1. The smallest absolute Gasteiger partial charge is 0.404 e. The lowest BCUT2D eigenvalue weighted by Crippen LogP contribution is -2.44. The van der Waals surface area contributed by atoms with Crippen molar-refractivity contribution in [3.63, 3.8) is 0 Å². The summed E-state index contributed by atoms with van der Waals surface area (Å²) in [6.45, 7) is 0. The first-order valence-corrected chi connectivity index (χ1v) is 5.75. The van der Waals surface area contributed by atoms with E-state index >= 15 is 0 Å². The van der Waals surface area contributed by atoms with Crippen LogP contribution < -0.4 is 5.32 Å². The van der Waals surface area contributed by atoms with Gasteiger partial charge in [0.05, 0.1) is 0 Å². The average Bonchev–Trinajstić information content (AvgIpc) is 2.75. The van der Waals surface area contributed by atoms with Crippen LogP contribution in [0.4, 0.5) is 4.79 Å². The molecule has 0 heterocycles. The molecule has 3 aliphatic rings. The summed E-state index contributed by atoms with van der Waals surface area (Å²) in [5.74, 6) is 3.03. The minimum absolute atomic E-state index is 0.291. The lowest BCUT2D eigenvalue weighted by molar-refractivity contribution is 0.167. The summed E-state index contributed by atoms with van der Waals surface area (Å²) in [6.07, 6.45) is 5.74. The van der Waals surface area contributed by atoms with E-state index in [1.807, 2.05) is 0 Å². The van der Waals surface area contributed by atoms with Crippen LogP contribution in [0, 0.1) is 23.7 Å². The number of hydrogen-bond donors (Lipinski definition) is 2. The Hall–Kier alpha value is -0.730. The van der Waals surface area contributed by atoms with Gasteiger partial charge in [-0.05, 0) is 55.8 Å². The van der Waals surface area contributed by atoms with Crippen LogP contribution in [-0.4, -0.2) is 17.2 Å². The summed E-state index contributed by atoms with van der Waals surface area (Å²) >= 11 is 0. The molecule has 2 N–H and O–H groups in total. The average molecular weight is 195 g/mol. The van der Waals surface area contributed by atoms with Gasteiger partial charge in [-0.25, -0.2) is 4.79 Å². The Kier molecular flexibility index (Phi) is 1.76. The highest BCUT2D eigenvalue weighted by molar-refractivity contribution is 5.65. The summed E-state index contributed by atoms with van der Waals surface area (Å²) in [5.41, 5.74) is 0. The SMILES string of the molecule is O=C(O)N[C@H]1[C@@H]2CC[C@@H](C2)[C@@H]1C1CC1. The van der Waals surface area contributed by atoms with Gasteiger partial charge in [-0.3, -0.25) is 0 Å². The zero-order chi connectivity index (χ0) is 9.71. The molecule has 3 saturated carbocycles. The summed E-state index contributed by atoms with van der Waals surface area (Å²) in [6, 6.07) is 0.291. The predicted molar refractivity (Wildman–Crippen MR) is 52.0 cm³/mol. The number of nitrogens with one attached hydrogen (secondary N) is 1. The van der Waals surface area contributed by atoms with Crippen molar-refractivity contribution in [2.45, 2.75) is 38.1 Å². The van der Waals surface area contributed by atoms with E-state index < -0.39 is 6.09 Å². The molecule has 0 spiro atoms. The van der Waals surface area contributed by atoms with E-state index in [9.17, 15) is 4.79 Å². The maximum atomic E-state index is 10.7. The van der Waals surface area contributed by atoms with E-state index in [0.717, 1.165) is 11.8 Å². The van der Waals surface area contributed by atoms with Crippen molar-refractivity contribution < 1.29 is 9.90 Å². The Balaban J connectivity index is 1.76. The number of carboxylic acid groups (broad SMARTS) is 1. The molecule has 4 atom stereocenters. The molecule has 0 aromatic carbocycles. The van der Waals surface area contributed by atoms with Crippen molar-refractivity contribution in [1.82, 2.24) is 5.32 Å². The van der Waals surface area contributed by atoms with Gasteiger partial charge in [-0.15, -0.1) is 0 Å². The molecule has 0 saturated heterocycles. The molecule has 3 rings (SSSR count). The van der Waals surface area contributed by atoms with Gasteiger partial charge < -0.3 is 10.4 Å². The number of rotatable bonds is 2. The van der Waals surface area contributed by atoms with Crippen LogP contribution in [0.5, 0.6) is 0 Å². The lowest BCUT2D eigenvalue weighted by Gasteiger charge is -2.30. The maximum absolute atomic E-state index is 10.7. The topological polar surface area (TPSA) is 49.3 Å². The zero-order valence-electron chi connectivity index (χ0n) is 8.28. The normalized spacial score (nSPS) is 45.4. The molecule has 0 aromatic rings. The van der Waals surface area contributed by atoms with Crippen LogP contribution >= 0.6 is 0 Å². The van der Waals surface area contributed by atoms with Gasteiger partial charge in [-0.1, -0.05) is 0 Å². The molecule has 0 aliphatic heterocycles. The standard InChI is InChI=1S/C11H17NO2/c13-11(14)12-10-8-4-3-7(5-8)9(10)6-1-2-6/h6-10,12H,1-5H2,(H,13,14)/t7-,8+,9-,10-/m0/s1. The Morgan fingerprint density at radius 1 is 1.07 bits per heavy atom. The fraction of sp³-hybridized carbons (Fsp3) is 0.909.